The first-order valence-electron chi connectivity index (χ1n) is 8.14. The number of halogens is 2. The predicted molar refractivity (Wildman–Crippen MR) is 93.2 cm³/mol. The second kappa shape index (κ2) is 6.66. The van der Waals surface area contributed by atoms with Crippen LogP contribution >= 0.6 is 0 Å². The van der Waals surface area contributed by atoms with Crippen LogP contribution in [0.4, 0.5) is 20.3 Å². The summed E-state index contributed by atoms with van der Waals surface area (Å²) in [6.45, 7) is 2.37. The Labute approximate surface area is 144 Å². The predicted octanol–water partition coefficient (Wildman–Crippen LogP) is 1.50. The van der Waals surface area contributed by atoms with Gasteiger partial charge in [0.15, 0.2) is 0 Å². The van der Waals surface area contributed by atoms with Crippen molar-refractivity contribution < 1.29 is 18.9 Å². The molecule has 132 valence electrons. The fourth-order valence-corrected chi connectivity index (χ4v) is 2.87. The molecule has 1 aliphatic heterocycles. The molecule has 1 fully saturated rings. The van der Waals surface area contributed by atoms with Gasteiger partial charge >= 0.3 is 0 Å². The van der Waals surface area contributed by atoms with Crippen LogP contribution in [0.1, 0.15) is 24.5 Å². The maximum Gasteiger partial charge on any atom is 0.266 e. The van der Waals surface area contributed by atoms with Crippen LogP contribution in [0.25, 0.3) is 0 Å². The third kappa shape index (κ3) is 3.70. The minimum atomic E-state index is -2.68. The van der Waals surface area contributed by atoms with Crippen LogP contribution in [0.15, 0.2) is 36.5 Å². The van der Waals surface area contributed by atoms with Gasteiger partial charge in [0.05, 0.1) is 24.3 Å². The third-order valence-electron chi connectivity index (χ3n) is 4.18. The summed E-state index contributed by atoms with van der Waals surface area (Å²) in [6.07, 6.45) is 1.40. The van der Waals surface area contributed by atoms with E-state index in [-0.39, 0.29) is 19.5 Å². The number of hydrogen-bond acceptors (Lipinski definition) is 4. The molecule has 2 aromatic rings. The minimum Gasteiger partial charge on any atom is -0.494 e. The number of anilines is 2. The Balaban J connectivity index is 1.88. The lowest BCUT2D eigenvalue weighted by molar-refractivity contribution is -0.111. The Bertz CT molecular complexity index is 794. The molecule has 4 N–H and O–H groups in total. The smallest absolute Gasteiger partial charge is 0.266 e. The average molecular weight is 347 g/mol. The van der Waals surface area contributed by atoms with Gasteiger partial charge < -0.3 is 15.4 Å². The van der Waals surface area contributed by atoms with E-state index in [2.05, 4.69) is 4.98 Å². The van der Waals surface area contributed by atoms with Gasteiger partial charge in [-0.25, -0.2) is 13.8 Å². The lowest BCUT2D eigenvalue weighted by Crippen LogP contribution is -2.41. The van der Waals surface area contributed by atoms with E-state index in [0.29, 0.717) is 40.7 Å². The zero-order chi connectivity index (χ0) is 18.0. The average Bonchev–Trinajstić information content (AvgIpc) is 2.96. The van der Waals surface area contributed by atoms with Gasteiger partial charge in [-0.1, -0.05) is 0 Å². The van der Waals surface area contributed by atoms with E-state index >= 15 is 0 Å². The van der Waals surface area contributed by atoms with Crippen molar-refractivity contribution in [3.8, 4) is 5.75 Å². The van der Waals surface area contributed by atoms with Crippen LogP contribution in [0.2, 0.25) is 0 Å². The molecule has 0 unspecified atom stereocenters. The summed E-state index contributed by atoms with van der Waals surface area (Å²) < 4.78 is 32.4. The molecular weight excluding hydrogens is 326 g/mol. The highest BCUT2D eigenvalue weighted by Crippen LogP contribution is 2.30. The summed E-state index contributed by atoms with van der Waals surface area (Å²) in [5.74, 6) is -1.52. The SMILES string of the molecule is CCOc1ccc(N)c(C(=[NH2+])c2ccnc(N3CCC(F)(F)C3)c2)c1. The summed E-state index contributed by atoms with van der Waals surface area (Å²) in [5, 5.41) is 6.29. The molecule has 1 aliphatic rings. The molecule has 0 amide bonds. The molecule has 0 saturated carbocycles. The molecule has 1 aromatic carbocycles. The van der Waals surface area contributed by atoms with E-state index < -0.39 is 5.92 Å². The molecule has 0 bridgehead atoms. The van der Waals surface area contributed by atoms with Crippen LogP contribution in [-0.4, -0.2) is 36.3 Å². The standard InChI is InChI=1S/C18H20F2N4O/c1-2-25-13-3-4-15(21)14(10-13)17(22)12-5-7-23-16(9-12)24-8-6-18(19,20)11-24/h3-5,7,9-10,22H,2,6,8,11,21H2,1H3/p+1. The van der Waals surface area contributed by atoms with Crippen molar-refractivity contribution in [2.24, 2.45) is 0 Å². The topological polar surface area (TPSA) is 77.0 Å². The summed E-state index contributed by atoms with van der Waals surface area (Å²) >= 11 is 0. The molecular formula is C18H21F2N4O+. The number of hydrogen-bond donors (Lipinski definition) is 2. The van der Waals surface area contributed by atoms with Gasteiger partial charge in [-0.15, -0.1) is 0 Å². The Morgan fingerprint density at radius 1 is 1.36 bits per heavy atom. The fourth-order valence-electron chi connectivity index (χ4n) is 2.87. The van der Waals surface area contributed by atoms with Crippen molar-refractivity contribution >= 4 is 17.2 Å². The van der Waals surface area contributed by atoms with Crippen LogP contribution in [0, 0.1) is 0 Å². The highest BCUT2D eigenvalue weighted by molar-refractivity contribution is 6.12. The van der Waals surface area contributed by atoms with E-state index in [1.165, 1.54) is 0 Å². The van der Waals surface area contributed by atoms with E-state index in [4.69, 9.17) is 15.9 Å². The molecule has 0 spiro atoms. The van der Waals surface area contributed by atoms with Crippen LogP contribution in [-0.2, 0) is 0 Å². The highest BCUT2D eigenvalue weighted by atomic mass is 19.3. The third-order valence-corrected chi connectivity index (χ3v) is 4.18. The summed E-state index contributed by atoms with van der Waals surface area (Å²) in [6, 6.07) is 8.73. The second-order valence-electron chi connectivity index (χ2n) is 6.03. The number of ether oxygens (including phenoxy) is 1. The molecule has 0 atom stereocenters. The van der Waals surface area contributed by atoms with Crippen molar-refractivity contribution in [2.75, 3.05) is 30.3 Å². The quantitative estimate of drug-likeness (QED) is 0.635. The van der Waals surface area contributed by atoms with Gasteiger partial charge in [0.1, 0.15) is 11.6 Å². The normalized spacial score (nSPS) is 16.0. The van der Waals surface area contributed by atoms with E-state index in [0.717, 1.165) is 0 Å². The van der Waals surface area contributed by atoms with E-state index in [9.17, 15) is 8.78 Å². The highest BCUT2D eigenvalue weighted by Gasteiger charge is 2.38. The Morgan fingerprint density at radius 3 is 2.84 bits per heavy atom. The summed E-state index contributed by atoms with van der Waals surface area (Å²) in [5.41, 5.74) is 8.34. The summed E-state index contributed by atoms with van der Waals surface area (Å²) in [7, 11) is 0. The monoisotopic (exact) mass is 347 g/mol. The van der Waals surface area contributed by atoms with Gasteiger partial charge in [-0.3, -0.25) is 5.41 Å². The summed E-state index contributed by atoms with van der Waals surface area (Å²) in [4.78, 5) is 5.77. The van der Waals surface area contributed by atoms with Crippen LogP contribution < -0.4 is 20.8 Å². The number of nitrogen functional groups attached to an aromatic ring is 1. The first-order valence-corrected chi connectivity index (χ1v) is 8.14. The Kier molecular flexibility index (Phi) is 4.57. The molecule has 0 aliphatic carbocycles. The lowest BCUT2D eigenvalue weighted by Gasteiger charge is -2.17. The zero-order valence-corrected chi connectivity index (χ0v) is 14.0. The van der Waals surface area contributed by atoms with E-state index in [1.54, 1.807) is 41.4 Å². The van der Waals surface area contributed by atoms with Crippen molar-refractivity contribution in [1.82, 2.24) is 4.98 Å². The fraction of sp³-hybridized carbons (Fsp3) is 0.333. The number of nitrogens with zero attached hydrogens (tertiary/aromatic N) is 2. The lowest BCUT2D eigenvalue weighted by atomic mass is 10.0. The molecule has 0 radical (unpaired) electrons. The Hall–Kier alpha value is -2.70. The number of pyridine rings is 1. The van der Waals surface area contributed by atoms with Gasteiger partial charge in [-0.2, -0.15) is 0 Å². The number of benzene rings is 1. The van der Waals surface area contributed by atoms with Gasteiger partial charge in [0.2, 0.25) is 5.71 Å². The zero-order valence-electron chi connectivity index (χ0n) is 14.0. The molecule has 1 saturated heterocycles. The molecule has 3 rings (SSSR count). The number of alkyl halides is 2. The van der Waals surface area contributed by atoms with Crippen LogP contribution in [0.3, 0.4) is 0 Å². The molecule has 2 heterocycles. The van der Waals surface area contributed by atoms with Gasteiger partial charge in [0.25, 0.3) is 5.92 Å². The Morgan fingerprint density at radius 2 is 2.16 bits per heavy atom. The minimum absolute atomic E-state index is 0.165. The number of nitrogens with two attached hydrogens (primary N) is 2. The maximum atomic E-state index is 13.4. The molecule has 5 nitrogen and oxygen atoms in total. The molecule has 7 heteroatoms. The molecule has 1 aromatic heterocycles. The largest absolute Gasteiger partial charge is 0.494 e. The van der Waals surface area contributed by atoms with Crippen molar-refractivity contribution in [3.63, 3.8) is 0 Å². The first kappa shape index (κ1) is 17.1. The van der Waals surface area contributed by atoms with Crippen molar-refractivity contribution in [3.05, 3.63) is 47.7 Å². The van der Waals surface area contributed by atoms with Gasteiger partial charge in [-0.05, 0) is 37.3 Å². The molecule has 25 heavy (non-hydrogen) atoms. The maximum absolute atomic E-state index is 13.4. The van der Waals surface area contributed by atoms with Crippen molar-refractivity contribution in [2.45, 2.75) is 19.3 Å². The van der Waals surface area contributed by atoms with Crippen LogP contribution in [0.5, 0.6) is 5.75 Å². The van der Waals surface area contributed by atoms with Gasteiger partial charge in [0, 0.05) is 24.8 Å². The van der Waals surface area contributed by atoms with E-state index in [1.807, 2.05) is 6.92 Å². The first-order chi connectivity index (χ1) is 11.9. The number of rotatable bonds is 5. The van der Waals surface area contributed by atoms with Crippen molar-refractivity contribution in [1.29, 1.82) is 0 Å². The number of aromatic nitrogens is 1. The second-order valence-corrected chi connectivity index (χ2v) is 6.03.